The lowest BCUT2D eigenvalue weighted by atomic mass is 10.1. The molecule has 0 aliphatic rings. The number of rotatable bonds is 37. The fraction of sp³-hybridized carbons (Fsp3) is 0.872. The van der Waals surface area contributed by atoms with Gasteiger partial charge in [-0.25, -0.2) is 0 Å². The molecule has 0 rings (SSSR count). The van der Waals surface area contributed by atoms with E-state index in [9.17, 15) is 4.79 Å². The molecule has 0 saturated carbocycles. The summed E-state index contributed by atoms with van der Waals surface area (Å²) in [5.41, 5.74) is 0. The number of carbonyl (C=O) groups excluding carboxylic acids is 1. The molecule has 0 fully saturated rings. The predicted molar refractivity (Wildman–Crippen MR) is 193 cm³/mol. The van der Waals surface area contributed by atoms with Gasteiger partial charge in [0.15, 0.2) is 6.29 Å². The maximum absolute atomic E-state index is 12.4. The van der Waals surface area contributed by atoms with Crippen LogP contribution in [0.25, 0.3) is 0 Å². The largest absolute Gasteiger partial charge is 0.466 e. The summed E-state index contributed by atoms with van der Waals surface area (Å²) in [6, 6.07) is 0. The summed E-state index contributed by atoms with van der Waals surface area (Å²) in [7, 11) is 1.77. The van der Waals surface area contributed by atoms with Crippen LogP contribution in [-0.2, 0) is 23.7 Å². The number of allylic oxidation sites excluding steroid dienone is 4. The second-order valence-corrected chi connectivity index (χ2v) is 12.5. The van der Waals surface area contributed by atoms with Crippen LogP contribution < -0.4 is 0 Å². The lowest BCUT2D eigenvalue weighted by molar-refractivity contribution is -0.152. The maximum atomic E-state index is 12.4. The number of ether oxygens (including phenoxy) is 4. The van der Waals surface area contributed by atoms with Gasteiger partial charge in [-0.05, 0) is 122 Å². The van der Waals surface area contributed by atoms with E-state index >= 15 is 0 Å². The normalized spacial score (nSPS) is 12.0. The number of unbranched alkanes of at least 4 members (excludes halogenated alkanes) is 12. The molecule has 0 radical (unpaired) electrons. The number of hydrogen-bond acceptors (Lipinski definition) is 7. The van der Waals surface area contributed by atoms with Crippen molar-refractivity contribution < 1.29 is 28.8 Å². The lowest BCUT2D eigenvalue weighted by Crippen LogP contribution is -2.27. The Morgan fingerprint density at radius 3 is 1.65 bits per heavy atom. The minimum Gasteiger partial charge on any atom is -0.466 e. The van der Waals surface area contributed by atoms with Crippen molar-refractivity contribution >= 4 is 5.97 Å². The Morgan fingerprint density at radius 2 is 1.11 bits per heavy atom. The SMILES string of the molecule is CC/C=C\CCCCOC(CCCC(=O)OCCCCCCN(CCCCO)CCCCCCCOC)OCCCC/C=C\CC. The van der Waals surface area contributed by atoms with E-state index < -0.39 is 0 Å². The Balaban J connectivity index is 4.13. The molecule has 0 bridgehead atoms. The zero-order valence-corrected chi connectivity index (χ0v) is 30.5. The summed E-state index contributed by atoms with van der Waals surface area (Å²) in [6.45, 7) is 10.7. The van der Waals surface area contributed by atoms with Crippen LogP contribution in [0, 0.1) is 0 Å². The van der Waals surface area contributed by atoms with Crippen LogP contribution in [0.2, 0.25) is 0 Å². The average Bonchev–Trinajstić information content (AvgIpc) is 3.06. The Hall–Kier alpha value is -1.25. The monoisotopic (exact) mass is 654 g/mol. The van der Waals surface area contributed by atoms with E-state index in [1.54, 1.807) is 7.11 Å². The Bertz CT molecular complexity index is 647. The number of esters is 1. The molecule has 0 aliphatic heterocycles. The van der Waals surface area contributed by atoms with Crippen molar-refractivity contribution in [1.29, 1.82) is 0 Å². The predicted octanol–water partition coefficient (Wildman–Crippen LogP) is 9.56. The van der Waals surface area contributed by atoms with Crippen LogP contribution in [0.15, 0.2) is 24.3 Å². The van der Waals surface area contributed by atoms with Crippen molar-refractivity contribution in [2.24, 2.45) is 0 Å². The first-order valence-electron chi connectivity index (χ1n) is 19.2. The van der Waals surface area contributed by atoms with Crippen molar-refractivity contribution in [3.63, 3.8) is 0 Å². The van der Waals surface area contributed by atoms with Crippen LogP contribution >= 0.6 is 0 Å². The van der Waals surface area contributed by atoms with Gasteiger partial charge in [0.2, 0.25) is 0 Å². The highest BCUT2D eigenvalue weighted by atomic mass is 16.7. The molecule has 272 valence electrons. The van der Waals surface area contributed by atoms with E-state index in [1.807, 2.05) is 0 Å². The van der Waals surface area contributed by atoms with Crippen molar-refractivity contribution in [3.05, 3.63) is 24.3 Å². The maximum Gasteiger partial charge on any atom is 0.305 e. The average molecular weight is 654 g/mol. The summed E-state index contributed by atoms with van der Waals surface area (Å²) in [5.74, 6) is -0.110. The third-order valence-electron chi connectivity index (χ3n) is 8.10. The van der Waals surface area contributed by atoms with Gasteiger partial charge < -0.3 is 29.0 Å². The molecular weight excluding hydrogens is 578 g/mol. The molecule has 0 aliphatic carbocycles. The fourth-order valence-electron chi connectivity index (χ4n) is 5.30. The van der Waals surface area contributed by atoms with Crippen molar-refractivity contribution in [2.45, 2.75) is 161 Å². The van der Waals surface area contributed by atoms with Crippen LogP contribution in [0.5, 0.6) is 0 Å². The number of carbonyl (C=O) groups is 1. The van der Waals surface area contributed by atoms with Gasteiger partial charge in [-0.15, -0.1) is 0 Å². The highest BCUT2D eigenvalue weighted by Gasteiger charge is 2.12. The lowest BCUT2D eigenvalue weighted by Gasteiger charge is -2.22. The molecule has 0 atom stereocenters. The third kappa shape index (κ3) is 34.1. The number of aliphatic hydroxyl groups excluding tert-OH is 1. The molecule has 0 spiro atoms. The smallest absolute Gasteiger partial charge is 0.305 e. The van der Waals surface area contributed by atoms with E-state index in [0.29, 0.717) is 26.2 Å². The van der Waals surface area contributed by atoms with Gasteiger partial charge in [0.25, 0.3) is 0 Å². The van der Waals surface area contributed by atoms with Gasteiger partial charge >= 0.3 is 5.97 Å². The van der Waals surface area contributed by atoms with Crippen LogP contribution in [0.3, 0.4) is 0 Å². The van der Waals surface area contributed by atoms with Gasteiger partial charge in [-0.1, -0.05) is 70.3 Å². The highest BCUT2D eigenvalue weighted by Crippen LogP contribution is 2.12. The Morgan fingerprint density at radius 1 is 0.609 bits per heavy atom. The molecule has 46 heavy (non-hydrogen) atoms. The van der Waals surface area contributed by atoms with Gasteiger partial charge in [-0.3, -0.25) is 4.79 Å². The minimum absolute atomic E-state index is 0.110. The van der Waals surface area contributed by atoms with Crippen molar-refractivity contribution in [2.75, 3.05) is 59.8 Å². The minimum atomic E-state index is -0.241. The molecule has 0 heterocycles. The van der Waals surface area contributed by atoms with Crippen LogP contribution in [-0.4, -0.2) is 82.0 Å². The molecule has 1 N–H and O–H groups in total. The molecule has 0 aromatic rings. The van der Waals surface area contributed by atoms with Crippen LogP contribution in [0.1, 0.15) is 155 Å². The second kappa shape index (κ2) is 38.2. The molecule has 0 aromatic carbocycles. The number of aliphatic hydroxyl groups is 1. The molecule has 7 heteroatoms. The van der Waals surface area contributed by atoms with E-state index in [0.717, 1.165) is 129 Å². The van der Waals surface area contributed by atoms with E-state index in [1.165, 1.54) is 32.1 Å². The topological polar surface area (TPSA) is 77.5 Å². The van der Waals surface area contributed by atoms with Gasteiger partial charge in [0.1, 0.15) is 0 Å². The van der Waals surface area contributed by atoms with Crippen molar-refractivity contribution in [3.8, 4) is 0 Å². The molecule has 0 aromatic heterocycles. The first-order valence-corrected chi connectivity index (χ1v) is 19.2. The molecular formula is C39H75NO6. The first-order chi connectivity index (χ1) is 22.7. The van der Waals surface area contributed by atoms with Gasteiger partial charge in [0, 0.05) is 40.0 Å². The highest BCUT2D eigenvalue weighted by molar-refractivity contribution is 5.69. The van der Waals surface area contributed by atoms with Gasteiger partial charge in [0.05, 0.1) is 6.61 Å². The molecule has 0 amide bonds. The molecule has 0 saturated heterocycles. The summed E-state index contributed by atoms with van der Waals surface area (Å²) < 4.78 is 22.8. The Labute approximate surface area is 284 Å². The summed E-state index contributed by atoms with van der Waals surface area (Å²) in [6.07, 6.45) is 31.7. The summed E-state index contributed by atoms with van der Waals surface area (Å²) >= 11 is 0. The zero-order valence-electron chi connectivity index (χ0n) is 30.5. The van der Waals surface area contributed by atoms with E-state index in [4.69, 9.17) is 24.1 Å². The number of hydrogen-bond donors (Lipinski definition) is 1. The second-order valence-electron chi connectivity index (χ2n) is 12.5. The van der Waals surface area contributed by atoms with E-state index in [2.05, 4.69) is 43.1 Å². The fourth-order valence-corrected chi connectivity index (χ4v) is 5.30. The van der Waals surface area contributed by atoms with Crippen molar-refractivity contribution in [1.82, 2.24) is 4.90 Å². The van der Waals surface area contributed by atoms with E-state index in [-0.39, 0.29) is 18.9 Å². The third-order valence-corrected chi connectivity index (χ3v) is 8.10. The standard InChI is InChI=1S/C39H75NO6/c1-4-6-8-10-16-25-36-45-39(46-37-26-17-11-9-7-5-2)29-27-28-38(42)44-35-24-18-14-20-31-40(32-21-22-33-41)30-19-13-12-15-23-34-43-3/h6-9,39,41H,4-5,10-37H2,1-3H3/b8-6-,9-7-. The molecule has 0 unspecified atom stereocenters. The van der Waals surface area contributed by atoms with Gasteiger partial charge in [-0.2, -0.15) is 0 Å². The molecule has 7 nitrogen and oxygen atoms in total. The summed E-state index contributed by atoms with van der Waals surface area (Å²) in [4.78, 5) is 14.9. The van der Waals surface area contributed by atoms with Crippen LogP contribution in [0.4, 0.5) is 0 Å². The number of nitrogens with zero attached hydrogens (tertiary/aromatic N) is 1. The summed E-state index contributed by atoms with van der Waals surface area (Å²) in [5, 5.41) is 9.16. The number of methoxy groups -OCH3 is 1. The Kier molecular flexibility index (Phi) is 37.2. The quantitative estimate of drug-likeness (QED) is 0.0310. The zero-order chi connectivity index (χ0) is 33.6. The first kappa shape index (κ1) is 44.8.